The Balaban J connectivity index is 0.000000686. The minimum atomic E-state index is -0.432. The van der Waals surface area contributed by atoms with Gasteiger partial charge in [-0.1, -0.05) is 13.8 Å². The molecule has 1 aliphatic heterocycles. The lowest BCUT2D eigenvalue weighted by Gasteiger charge is -2.17. The van der Waals surface area contributed by atoms with E-state index in [-0.39, 0.29) is 12.5 Å². The highest BCUT2D eigenvalue weighted by molar-refractivity contribution is 5.97. The monoisotopic (exact) mass is 237 g/mol. The molecule has 0 unspecified atom stereocenters. The molecule has 0 saturated heterocycles. The Hall–Kier alpha value is -2.04. The van der Waals surface area contributed by atoms with Crippen LogP contribution in [0, 0.1) is 0 Å². The summed E-state index contributed by atoms with van der Waals surface area (Å²) in [5.41, 5.74) is 0.964. The van der Waals surface area contributed by atoms with E-state index < -0.39 is 5.97 Å². The minimum absolute atomic E-state index is 0.0301. The number of carbonyl (C=O) groups is 2. The van der Waals surface area contributed by atoms with Crippen molar-refractivity contribution >= 4 is 17.6 Å². The van der Waals surface area contributed by atoms with Gasteiger partial charge in [0.25, 0.3) is 5.91 Å². The van der Waals surface area contributed by atoms with Crippen LogP contribution in [-0.4, -0.2) is 25.6 Å². The van der Waals surface area contributed by atoms with E-state index >= 15 is 0 Å². The molecule has 1 N–H and O–H groups in total. The molecular weight excluding hydrogens is 222 g/mol. The zero-order valence-corrected chi connectivity index (χ0v) is 10.1. The lowest BCUT2D eigenvalue weighted by atomic mass is 10.1. The summed E-state index contributed by atoms with van der Waals surface area (Å²) >= 11 is 0. The standard InChI is InChI=1S/C10H9NO4.C2H6/c1-14-10(13)6-2-3-7-8(4-6)15-5-9(12)11-7;1-2/h2-4H,5H2,1H3,(H,11,12);1-2H3. The molecule has 1 heterocycles. The van der Waals surface area contributed by atoms with E-state index in [1.54, 1.807) is 18.2 Å². The summed E-state index contributed by atoms with van der Waals surface area (Å²) in [6, 6.07) is 4.72. The van der Waals surface area contributed by atoms with Crippen molar-refractivity contribution in [1.29, 1.82) is 0 Å². The van der Waals surface area contributed by atoms with Crippen LogP contribution in [0.1, 0.15) is 24.2 Å². The molecule has 0 saturated carbocycles. The van der Waals surface area contributed by atoms with Gasteiger partial charge in [-0.15, -0.1) is 0 Å². The van der Waals surface area contributed by atoms with Crippen molar-refractivity contribution in [2.24, 2.45) is 0 Å². The highest BCUT2D eigenvalue weighted by Gasteiger charge is 2.17. The number of benzene rings is 1. The van der Waals surface area contributed by atoms with Gasteiger partial charge >= 0.3 is 5.97 Å². The number of methoxy groups -OCH3 is 1. The molecular formula is C12H15NO4. The summed E-state index contributed by atoms with van der Waals surface area (Å²) in [6.07, 6.45) is 0. The number of nitrogens with one attached hydrogen (secondary N) is 1. The predicted molar refractivity (Wildman–Crippen MR) is 63.3 cm³/mol. The van der Waals surface area contributed by atoms with Crippen molar-refractivity contribution in [1.82, 2.24) is 0 Å². The Morgan fingerprint density at radius 2 is 2.12 bits per heavy atom. The maximum absolute atomic E-state index is 11.2. The van der Waals surface area contributed by atoms with Crippen molar-refractivity contribution in [2.45, 2.75) is 13.8 Å². The van der Waals surface area contributed by atoms with E-state index in [0.717, 1.165) is 0 Å². The number of fused-ring (bicyclic) bond motifs is 1. The molecule has 0 spiro atoms. The summed E-state index contributed by atoms with van der Waals surface area (Å²) in [7, 11) is 1.31. The molecule has 1 amide bonds. The fourth-order valence-electron chi connectivity index (χ4n) is 1.32. The molecule has 0 atom stereocenters. The van der Waals surface area contributed by atoms with Crippen LogP contribution in [0.4, 0.5) is 5.69 Å². The van der Waals surface area contributed by atoms with Crippen molar-refractivity contribution in [2.75, 3.05) is 19.0 Å². The van der Waals surface area contributed by atoms with Gasteiger partial charge < -0.3 is 14.8 Å². The largest absolute Gasteiger partial charge is 0.482 e. The van der Waals surface area contributed by atoms with Gasteiger partial charge in [0.2, 0.25) is 0 Å². The Labute approximate surface area is 99.7 Å². The molecule has 1 aromatic rings. The van der Waals surface area contributed by atoms with Crippen LogP contribution in [-0.2, 0) is 9.53 Å². The highest BCUT2D eigenvalue weighted by Crippen LogP contribution is 2.28. The van der Waals surface area contributed by atoms with Crippen LogP contribution >= 0.6 is 0 Å². The molecule has 2 rings (SSSR count). The van der Waals surface area contributed by atoms with Crippen LogP contribution in [0.5, 0.6) is 5.75 Å². The quantitative estimate of drug-likeness (QED) is 0.757. The van der Waals surface area contributed by atoms with Crippen LogP contribution < -0.4 is 10.1 Å². The second-order valence-corrected chi connectivity index (χ2v) is 3.04. The Bertz CT molecular complexity index is 429. The van der Waals surface area contributed by atoms with Gasteiger partial charge in [-0.25, -0.2) is 4.79 Å². The number of amides is 1. The van der Waals surface area contributed by atoms with Gasteiger partial charge in [-0.2, -0.15) is 0 Å². The number of carbonyl (C=O) groups excluding carboxylic acids is 2. The molecule has 5 nitrogen and oxygen atoms in total. The van der Waals surface area contributed by atoms with E-state index in [9.17, 15) is 9.59 Å². The first-order valence-electron chi connectivity index (χ1n) is 5.36. The summed E-state index contributed by atoms with van der Waals surface area (Å²) in [5.74, 6) is -0.149. The summed E-state index contributed by atoms with van der Waals surface area (Å²) in [6.45, 7) is 3.97. The first-order chi connectivity index (χ1) is 8.20. The average Bonchev–Trinajstić information content (AvgIpc) is 2.39. The van der Waals surface area contributed by atoms with Crippen LogP contribution in [0.2, 0.25) is 0 Å². The maximum Gasteiger partial charge on any atom is 0.337 e. The predicted octanol–water partition coefficient (Wildman–Crippen LogP) is 1.83. The first kappa shape index (κ1) is 13.0. The van der Waals surface area contributed by atoms with E-state index in [2.05, 4.69) is 10.1 Å². The highest BCUT2D eigenvalue weighted by atomic mass is 16.5. The lowest BCUT2D eigenvalue weighted by molar-refractivity contribution is -0.118. The van der Waals surface area contributed by atoms with Gasteiger partial charge in [-0.3, -0.25) is 4.79 Å². The van der Waals surface area contributed by atoms with Gasteiger partial charge in [0, 0.05) is 0 Å². The van der Waals surface area contributed by atoms with Gasteiger partial charge in [0.15, 0.2) is 6.61 Å². The number of esters is 1. The van der Waals surface area contributed by atoms with Crippen LogP contribution in [0.3, 0.4) is 0 Å². The minimum Gasteiger partial charge on any atom is -0.482 e. The number of anilines is 1. The Morgan fingerprint density at radius 1 is 1.41 bits per heavy atom. The number of rotatable bonds is 1. The van der Waals surface area contributed by atoms with E-state index in [1.165, 1.54) is 7.11 Å². The fraction of sp³-hybridized carbons (Fsp3) is 0.333. The molecule has 92 valence electrons. The van der Waals surface area contributed by atoms with E-state index in [4.69, 9.17) is 4.74 Å². The Morgan fingerprint density at radius 3 is 2.76 bits per heavy atom. The zero-order valence-electron chi connectivity index (χ0n) is 10.1. The SMILES string of the molecule is CC.COC(=O)c1ccc2c(c1)OCC(=O)N2. The zero-order chi connectivity index (χ0) is 12.8. The number of ether oxygens (including phenoxy) is 2. The topological polar surface area (TPSA) is 64.6 Å². The normalized spacial score (nSPS) is 12.3. The fourth-order valence-corrected chi connectivity index (χ4v) is 1.32. The summed E-state index contributed by atoms with van der Waals surface area (Å²) in [4.78, 5) is 22.2. The summed E-state index contributed by atoms with van der Waals surface area (Å²) < 4.78 is 9.72. The average molecular weight is 237 g/mol. The van der Waals surface area contributed by atoms with Gasteiger partial charge in [-0.05, 0) is 18.2 Å². The van der Waals surface area contributed by atoms with E-state index in [0.29, 0.717) is 17.0 Å². The third kappa shape index (κ3) is 2.96. The second kappa shape index (κ2) is 5.89. The van der Waals surface area contributed by atoms with Crippen molar-refractivity contribution in [3.63, 3.8) is 0 Å². The molecule has 17 heavy (non-hydrogen) atoms. The van der Waals surface area contributed by atoms with Crippen molar-refractivity contribution < 1.29 is 19.1 Å². The second-order valence-electron chi connectivity index (χ2n) is 3.04. The molecule has 1 aromatic carbocycles. The molecule has 0 fully saturated rings. The van der Waals surface area contributed by atoms with Crippen molar-refractivity contribution in [3.8, 4) is 5.75 Å². The third-order valence-electron chi connectivity index (χ3n) is 2.04. The first-order valence-corrected chi connectivity index (χ1v) is 5.36. The van der Waals surface area contributed by atoms with Gasteiger partial charge in [0.1, 0.15) is 5.75 Å². The molecule has 0 radical (unpaired) electrons. The Kier molecular flexibility index (Phi) is 4.51. The maximum atomic E-state index is 11.2. The van der Waals surface area contributed by atoms with Crippen LogP contribution in [0.25, 0.3) is 0 Å². The molecule has 0 bridgehead atoms. The molecule has 0 aliphatic carbocycles. The number of hydrogen-bond acceptors (Lipinski definition) is 4. The molecule has 5 heteroatoms. The summed E-state index contributed by atoms with van der Waals surface area (Å²) in [5, 5.41) is 2.63. The molecule has 1 aliphatic rings. The van der Waals surface area contributed by atoms with E-state index in [1.807, 2.05) is 13.8 Å². The van der Waals surface area contributed by atoms with Crippen LogP contribution in [0.15, 0.2) is 18.2 Å². The lowest BCUT2D eigenvalue weighted by Crippen LogP contribution is -2.25. The van der Waals surface area contributed by atoms with Crippen molar-refractivity contribution in [3.05, 3.63) is 23.8 Å². The third-order valence-corrected chi connectivity index (χ3v) is 2.04. The smallest absolute Gasteiger partial charge is 0.337 e. The molecule has 0 aromatic heterocycles. The number of hydrogen-bond donors (Lipinski definition) is 1. The van der Waals surface area contributed by atoms with Gasteiger partial charge in [0.05, 0.1) is 18.4 Å².